The zero-order valence-electron chi connectivity index (χ0n) is 10.3. The molecule has 0 aromatic rings. The zero-order valence-corrected chi connectivity index (χ0v) is 10.3. The molecule has 1 saturated heterocycles. The second-order valence-electron chi connectivity index (χ2n) is 4.62. The summed E-state index contributed by atoms with van der Waals surface area (Å²) in [6.45, 7) is 7.15. The molecule has 94 valence electrons. The Kier molecular flexibility index (Phi) is 6.42. The average Bonchev–Trinajstić information content (AvgIpc) is 2.75. The van der Waals surface area contributed by atoms with E-state index in [2.05, 4.69) is 19.2 Å². The summed E-state index contributed by atoms with van der Waals surface area (Å²) in [7, 11) is 0. The van der Waals surface area contributed by atoms with Gasteiger partial charge >= 0.3 is 0 Å². The first-order chi connectivity index (χ1) is 7.70. The minimum absolute atomic E-state index is 0.0290. The first-order valence-corrected chi connectivity index (χ1v) is 6.17. The van der Waals surface area contributed by atoms with E-state index in [0.717, 1.165) is 32.5 Å². The van der Waals surface area contributed by atoms with Crippen LogP contribution in [-0.4, -0.2) is 38.4 Å². The highest BCUT2D eigenvalue weighted by Crippen LogP contribution is 2.11. The number of hydrogen-bond donors (Lipinski definition) is 1. The van der Waals surface area contributed by atoms with Crippen molar-refractivity contribution in [1.29, 1.82) is 0 Å². The van der Waals surface area contributed by atoms with Crippen LogP contribution in [0, 0.1) is 5.92 Å². The van der Waals surface area contributed by atoms with Crippen molar-refractivity contribution in [3.05, 3.63) is 0 Å². The molecule has 0 aliphatic carbocycles. The van der Waals surface area contributed by atoms with E-state index in [-0.39, 0.29) is 12.0 Å². The van der Waals surface area contributed by atoms with Crippen molar-refractivity contribution in [1.82, 2.24) is 5.32 Å². The SMILES string of the molecule is CC(C)COCCCNC(=O)C1CCCO1. The van der Waals surface area contributed by atoms with E-state index in [4.69, 9.17) is 9.47 Å². The molecule has 1 unspecified atom stereocenters. The molecule has 0 aromatic carbocycles. The topological polar surface area (TPSA) is 47.6 Å². The van der Waals surface area contributed by atoms with Crippen molar-refractivity contribution in [2.75, 3.05) is 26.4 Å². The van der Waals surface area contributed by atoms with Gasteiger partial charge < -0.3 is 14.8 Å². The lowest BCUT2D eigenvalue weighted by Gasteiger charge is -2.10. The summed E-state index contributed by atoms with van der Waals surface area (Å²) in [5.74, 6) is 0.600. The number of carbonyl (C=O) groups is 1. The maximum atomic E-state index is 11.5. The third-order valence-electron chi connectivity index (χ3n) is 2.44. The lowest BCUT2D eigenvalue weighted by Crippen LogP contribution is -2.35. The fourth-order valence-electron chi connectivity index (χ4n) is 1.60. The zero-order chi connectivity index (χ0) is 11.8. The van der Waals surface area contributed by atoms with Crippen LogP contribution in [0.5, 0.6) is 0 Å². The Balaban J connectivity index is 1.92. The van der Waals surface area contributed by atoms with Crippen LogP contribution in [0.2, 0.25) is 0 Å². The van der Waals surface area contributed by atoms with Gasteiger partial charge in [0, 0.05) is 26.4 Å². The summed E-state index contributed by atoms with van der Waals surface area (Å²) in [5.41, 5.74) is 0. The number of carbonyl (C=O) groups excluding carboxylic acids is 1. The average molecular weight is 229 g/mol. The molecular weight excluding hydrogens is 206 g/mol. The summed E-state index contributed by atoms with van der Waals surface area (Å²) in [4.78, 5) is 11.5. The van der Waals surface area contributed by atoms with Crippen LogP contribution in [0.1, 0.15) is 33.1 Å². The second kappa shape index (κ2) is 7.63. The van der Waals surface area contributed by atoms with Gasteiger partial charge in [-0.2, -0.15) is 0 Å². The Morgan fingerprint density at radius 1 is 1.56 bits per heavy atom. The molecule has 4 nitrogen and oxygen atoms in total. The predicted octanol–water partition coefficient (Wildman–Crippen LogP) is 1.34. The van der Waals surface area contributed by atoms with Gasteiger partial charge in [-0.25, -0.2) is 0 Å². The van der Waals surface area contributed by atoms with Crippen LogP contribution < -0.4 is 5.32 Å². The maximum absolute atomic E-state index is 11.5. The van der Waals surface area contributed by atoms with Crippen LogP contribution in [0.3, 0.4) is 0 Å². The third kappa shape index (κ3) is 5.47. The normalized spacial score (nSPS) is 20.3. The molecule has 0 bridgehead atoms. The highest BCUT2D eigenvalue weighted by molar-refractivity contribution is 5.80. The van der Waals surface area contributed by atoms with Crippen molar-refractivity contribution in [3.63, 3.8) is 0 Å². The first kappa shape index (κ1) is 13.5. The lowest BCUT2D eigenvalue weighted by molar-refractivity contribution is -0.130. The Labute approximate surface area is 97.7 Å². The Morgan fingerprint density at radius 2 is 2.38 bits per heavy atom. The summed E-state index contributed by atoms with van der Waals surface area (Å²) >= 11 is 0. The van der Waals surface area contributed by atoms with E-state index in [1.165, 1.54) is 0 Å². The molecule has 1 rings (SSSR count). The first-order valence-electron chi connectivity index (χ1n) is 6.17. The van der Waals surface area contributed by atoms with Crippen molar-refractivity contribution in [2.45, 2.75) is 39.2 Å². The summed E-state index contributed by atoms with van der Waals surface area (Å²) < 4.78 is 10.7. The van der Waals surface area contributed by atoms with Gasteiger partial charge in [0.25, 0.3) is 0 Å². The fourth-order valence-corrected chi connectivity index (χ4v) is 1.60. The van der Waals surface area contributed by atoms with Crippen LogP contribution >= 0.6 is 0 Å². The number of nitrogens with one attached hydrogen (secondary N) is 1. The molecule has 1 aliphatic heterocycles. The summed E-state index contributed by atoms with van der Waals surface area (Å²) in [5, 5.41) is 2.87. The van der Waals surface area contributed by atoms with Crippen LogP contribution in [-0.2, 0) is 14.3 Å². The molecular formula is C12H23NO3. The molecule has 1 heterocycles. The van der Waals surface area contributed by atoms with Crippen molar-refractivity contribution in [3.8, 4) is 0 Å². The number of hydrogen-bond acceptors (Lipinski definition) is 3. The quantitative estimate of drug-likeness (QED) is 0.670. The number of rotatable bonds is 7. The highest BCUT2D eigenvalue weighted by Gasteiger charge is 2.22. The van der Waals surface area contributed by atoms with E-state index in [0.29, 0.717) is 19.1 Å². The van der Waals surface area contributed by atoms with Crippen LogP contribution in [0.15, 0.2) is 0 Å². The molecule has 1 N–H and O–H groups in total. The van der Waals surface area contributed by atoms with Gasteiger partial charge in [0.1, 0.15) is 6.10 Å². The molecule has 4 heteroatoms. The van der Waals surface area contributed by atoms with E-state index in [1.54, 1.807) is 0 Å². The van der Waals surface area contributed by atoms with Crippen LogP contribution in [0.25, 0.3) is 0 Å². The largest absolute Gasteiger partial charge is 0.381 e. The summed E-state index contributed by atoms with van der Waals surface area (Å²) in [6, 6.07) is 0. The van der Waals surface area contributed by atoms with Crippen molar-refractivity contribution >= 4 is 5.91 Å². The molecule has 0 saturated carbocycles. The standard InChI is InChI=1S/C12H23NO3/c1-10(2)9-15-7-4-6-13-12(14)11-5-3-8-16-11/h10-11H,3-9H2,1-2H3,(H,13,14). The molecule has 0 radical (unpaired) electrons. The lowest BCUT2D eigenvalue weighted by atomic mass is 10.2. The monoisotopic (exact) mass is 229 g/mol. The minimum atomic E-state index is -0.211. The molecule has 0 spiro atoms. The molecule has 1 fully saturated rings. The number of amides is 1. The van der Waals surface area contributed by atoms with E-state index >= 15 is 0 Å². The van der Waals surface area contributed by atoms with E-state index in [1.807, 2.05) is 0 Å². The Hall–Kier alpha value is -0.610. The molecule has 0 aromatic heterocycles. The summed E-state index contributed by atoms with van der Waals surface area (Å²) in [6.07, 6.45) is 2.51. The van der Waals surface area contributed by atoms with Gasteiger partial charge in [0.2, 0.25) is 5.91 Å². The van der Waals surface area contributed by atoms with Gasteiger partial charge in [-0.05, 0) is 25.2 Å². The van der Waals surface area contributed by atoms with E-state index in [9.17, 15) is 4.79 Å². The van der Waals surface area contributed by atoms with Crippen molar-refractivity contribution in [2.24, 2.45) is 5.92 Å². The van der Waals surface area contributed by atoms with Gasteiger partial charge in [0.05, 0.1) is 0 Å². The maximum Gasteiger partial charge on any atom is 0.249 e. The second-order valence-corrected chi connectivity index (χ2v) is 4.62. The van der Waals surface area contributed by atoms with Crippen molar-refractivity contribution < 1.29 is 14.3 Å². The Morgan fingerprint density at radius 3 is 3.00 bits per heavy atom. The van der Waals surface area contributed by atoms with Gasteiger partial charge in [-0.15, -0.1) is 0 Å². The molecule has 1 atom stereocenters. The van der Waals surface area contributed by atoms with Crippen LogP contribution in [0.4, 0.5) is 0 Å². The third-order valence-corrected chi connectivity index (χ3v) is 2.44. The molecule has 16 heavy (non-hydrogen) atoms. The predicted molar refractivity (Wildman–Crippen MR) is 62.3 cm³/mol. The minimum Gasteiger partial charge on any atom is -0.381 e. The number of ether oxygens (including phenoxy) is 2. The fraction of sp³-hybridized carbons (Fsp3) is 0.917. The van der Waals surface area contributed by atoms with Gasteiger partial charge in [-0.1, -0.05) is 13.8 Å². The highest BCUT2D eigenvalue weighted by atomic mass is 16.5. The Bertz CT molecular complexity index is 200. The van der Waals surface area contributed by atoms with E-state index < -0.39 is 0 Å². The van der Waals surface area contributed by atoms with Gasteiger partial charge in [0.15, 0.2) is 0 Å². The smallest absolute Gasteiger partial charge is 0.249 e. The molecule has 1 amide bonds. The van der Waals surface area contributed by atoms with Gasteiger partial charge in [-0.3, -0.25) is 4.79 Å². The molecule has 1 aliphatic rings.